The molecule has 0 saturated carbocycles. The fourth-order valence-corrected chi connectivity index (χ4v) is 2.54. The van der Waals surface area contributed by atoms with Crippen LogP contribution in [0.25, 0.3) is 5.69 Å². The van der Waals surface area contributed by atoms with Gasteiger partial charge < -0.3 is 10.0 Å². The normalized spacial score (nSPS) is 16.1. The van der Waals surface area contributed by atoms with Crippen molar-refractivity contribution >= 4 is 5.91 Å². The Morgan fingerprint density at radius 3 is 2.52 bits per heavy atom. The lowest BCUT2D eigenvalue weighted by atomic mass is 9.97. The summed E-state index contributed by atoms with van der Waals surface area (Å²) >= 11 is 0. The minimum absolute atomic E-state index is 0.0367. The average Bonchev–Trinajstić information content (AvgIpc) is 3.09. The second-order valence-electron chi connectivity index (χ2n) is 5.22. The molecule has 1 aromatic carbocycles. The van der Waals surface area contributed by atoms with Crippen molar-refractivity contribution in [2.75, 3.05) is 19.7 Å². The Bertz CT molecular complexity index is 588. The highest BCUT2D eigenvalue weighted by atomic mass is 16.3. The van der Waals surface area contributed by atoms with Crippen molar-refractivity contribution in [2.24, 2.45) is 5.92 Å². The van der Waals surface area contributed by atoms with Crippen LogP contribution in [0.4, 0.5) is 0 Å². The van der Waals surface area contributed by atoms with Crippen molar-refractivity contribution in [3.05, 3.63) is 36.2 Å². The minimum Gasteiger partial charge on any atom is -0.396 e. The lowest BCUT2D eigenvalue weighted by Crippen LogP contribution is -2.39. The van der Waals surface area contributed by atoms with Gasteiger partial charge in [0.1, 0.15) is 6.33 Å². The highest BCUT2D eigenvalue weighted by Gasteiger charge is 2.23. The molecule has 1 aliphatic heterocycles. The van der Waals surface area contributed by atoms with Gasteiger partial charge in [-0.15, -0.1) is 5.10 Å². The lowest BCUT2D eigenvalue weighted by molar-refractivity contribution is 0.0651. The zero-order valence-electron chi connectivity index (χ0n) is 11.6. The topological polar surface area (TPSA) is 84.1 Å². The Balaban J connectivity index is 1.68. The molecule has 1 aromatic heterocycles. The van der Waals surface area contributed by atoms with Crippen LogP contribution in [0.5, 0.6) is 0 Å². The number of tetrazole rings is 1. The molecule has 7 nitrogen and oxygen atoms in total. The molecule has 21 heavy (non-hydrogen) atoms. The monoisotopic (exact) mass is 287 g/mol. The molecular formula is C14H17N5O2. The van der Waals surface area contributed by atoms with Crippen LogP contribution in [0.3, 0.4) is 0 Å². The summed E-state index contributed by atoms with van der Waals surface area (Å²) in [5, 5.41) is 20.1. The third-order valence-corrected chi connectivity index (χ3v) is 3.89. The fourth-order valence-electron chi connectivity index (χ4n) is 2.54. The number of benzene rings is 1. The van der Waals surface area contributed by atoms with Crippen LogP contribution >= 0.6 is 0 Å². The molecule has 0 aliphatic carbocycles. The number of likely N-dealkylation sites (tertiary alicyclic amines) is 1. The molecule has 2 heterocycles. The third kappa shape index (κ3) is 2.92. The molecule has 1 fully saturated rings. The van der Waals surface area contributed by atoms with E-state index < -0.39 is 0 Å². The second-order valence-corrected chi connectivity index (χ2v) is 5.22. The Labute approximate surface area is 122 Å². The average molecular weight is 287 g/mol. The van der Waals surface area contributed by atoms with Crippen molar-refractivity contribution in [1.82, 2.24) is 25.1 Å². The van der Waals surface area contributed by atoms with Crippen molar-refractivity contribution in [1.29, 1.82) is 0 Å². The number of carbonyl (C=O) groups is 1. The predicted octanol–water partition coefficient (Wildman–Crippen LogP) is 0.507. The van der Waals surface area contributed by atoms with E-state index >= 15 is 0 Å². The van der Waals surface area contributed by atoms with Crippen molar-refractivity contribution in [3.63, 3.8) is 0 Å². The van der Waals surface area contributed by atoms with E-state index in [-0.39, 0.29) is 12.5 Å². The maximum Gasteiger partial charge on any atom is 0.253 e. The van der Waals surface area contributed by atoms with Gasteiger partial charge in [-0.2, -0.15) is 0 Å². The number of aliphatic hydroxyl groups is 1. The summed E-state index contributed by atoms with van der Waals surface area (Å²) in [6, 6.07) is 7.23. The van der Waals surface area contributed by atoms with Crippen molar-refractivity contribution < 1.29 is 9.90 Å². The summed E-state index contributed by atoms with van der Waals surface area (Å²) in [6.07, 6.45) is 3.24. The van der Waals surface area contributed by atoms with Crippen LogP contribution in [0, 0.1) is 5.92 Å². The number of hydrogen-bond acceptors (Lipinski definition) is 5. The first-order chi connectivity index (χ1) is 10.3. The van der Waals surface area contributed by atoms with Gasteiger partial charge in [0, 0.05) is 25.3 Å². The Hall–Kier alpha value is -2.28. The van der Waals surface area contributed by atoms with Gasteiger partial charge in [0.2, 0.25) is 0 Å². The van der Waals surface area contributed by atoms with Gasteiger partial charge in [-0.05, 0) is 53.5 Å². The van der Waals surface area contributed by atoms with Gasteiger partial charge in [-0.25, -0.2) is 4.68 Å². The minimum atomic E-state index is 0.0367. The Morgan fingerprint density at radius 2 is 1.95 bits per heavy atom. The molecule has 1 saturated heterocycles. The fraction of sp³-hybridized carbons (Fsp3) is 0.429. The maximum atomic E-state index is 12.4. The number of aliphatic hydroxyl groups excluding tert-OH is 1. The van der Waals surface area contributed by atoms with Crippen LogP contribution < -0.4 is 0 Å². The van der Waals surface area contributed by atoms with E-state index in [0.717, 1.165) is 18.5 Å². The number of hydrogen-bond donors (Lipinski definition) is 1. The maximum absolute atomic E-state index is 12.4. The van der Waals surface area contributed by atoms with Crippen LogP contribution in [-0.2, 0) is 0 Å². The van der Waals surface area contributed by atoms with E-state index in [1.165, 1.54) is 6.33 Å². The van der Waals surface area contributed by atoms with E-state index in [9.17, 15) is 4.79 Å². The molecule has 1 N–H and O–H groups in total. The third-order valence-electron chi connectivity index (χ3n) is 3.89. The lowest BCUT2D eigenvalue weighted by Gasteiger charge is -2.31. The molecule has 7 heteroatoms. The number of amides is 1. The van der Waals surface area contributed by atoms with Crippen molar-refractivity contribution in [3.8, 4) is 5.69 Å². The van der Waals surface area contributed by atoms with Gasteiger partial charge in [0.25, 0.3) is 5.91 Å². The van der Waals surface area contributed by atoms with Crippen LogP contribution in [-0.4, -0.2) is 55.8 Å². The summed E-state index contributed by atoms with van der Waals surface area (Å²) in [4.78, 5) is 14.3. The van der Waals surface area contributed by atoms with Crippen LogP contribution in [0.2, 0.25) is 0 Å². The number of rotatable bonds is 3. The molecule has 0 radical (unpaired) electrons. The summed E-state index contributed by atoms with van der Waals surface area (Å²) < 4.78 is 1.54. The van der Waals surface area contributed by atoms with E-state index in [1.54, 1.807) is 16.8 Å². The molecule has 0 bridgehead atoms. The molecule has 1 aliphatic rings. The number of aromatic nitrogens is 4. The molecule has 1 amide bonds. The Kier molecular flexibility index (Phi) is 3.92. The molecule has 0 atom stereocenters. The first kappa shape index (κ1) is 13.7. The van der Waals surface area contributed by atoms with Gasteiger partial charge in [0.15, 0.2) is 0 Å². The molecule has 110 valence electrons. The quantitative estimate of drug-likeness (QED) is 0.889. The smallest absolute Gasteiger partial charge is 0.253 e. The molecular weight excluding hydrogens is 270 g/mol. The van der Waals surface area contributed by atoms with Gasteiger partial charge in [-0.1, -0.05) is 0 Å². The summed E-state index contributed by atoms with van der Waals surface area (Å²) in [7, 11) is 0. The summed E-state index contributed by atoms with van der Waals surface area (Å²) in [5.41, 5.74) is 1.48. The first-order valence-electron chi connectivity index (χ1n) is 7.01. The standard InChI is InChI=1S/C14H17N5O2/c20-9-11-5-7-18(8-6-11)14(21)12-1-3-13(4-2-12)19-10-15-16-17-19/h1-4,10-11,20H,5-9H2. The largest absolute Gasteiger partial charge is 0.396 e. The summed E-state index contributed by atoms with van der Waals surface area (Å²) in [5.74, 6) is 0.367. The van der Waals surface area contributed by atoms with Crippen LogP contribution in [0.1, 0.15) is 23.2 Å². The molecule has 3 rings (SSSR count). The number of piperidine rings is 1. The first-order valence-corrected chi connectivity index (χ1v) is 7.01. The highest BCUT2D eigenvalue weighted by molar-refractivity contribution is 5.94. The van der Waals surface area contributed by atoms with Crippen molar-refractivity contribution in [2.45, 2.75) is 12.8 Å². The van der Waals surface area contributed by atoms with Gasteiger partial charge in [-0.3, -0.25) is 4.79 Å². The number of nitrogens with zero attached hydrogens (tertiary/aromatic N) is 5. The van der Waals surface area contributed by atoms with Crippen LogP contribution in [0.15, 0.2) is 30.6 Å². The number of carbonyl (C=O) groups excluding carboxylic acids is 1. The zero-order valence-corrected chi connectivity index (χ0v) is 11.6. The molecule has 0 spiro atoms. The molecule has 2 aromatic rings. The van der Waals surface area contributed by atoms with Gasteiger partial charge >= 0.3 is 0 Å². The predicted molar refractivity (Wildman–Crippen MR) is 74.9 cm³/mol. The second kappa shape index (κ2) is 6.01. The Morgan fingerprint density at radius 1 is 1.24 bits per heavy atom. The van der Waals surface area contributed by atoms with Gasteiger partial charge in [0.05, 0.1) is 5.69 Å². The SMILES string of the molecule is O=C(c1ccc(-n2cnnn2)cc1)N1CCC(CO)CC1. The van der Waals surface area contributed by atoms with E-state index in [4.69, 9.17) is 5.11 Å². The van der Waals surface area contributed by atoms with E-state index in [2.05, 4.69) is 15.5 Å². The summed E-state index contributed by atoms with van der Waals surface area (Å²) in [6.45, 7) is 1.63. The zero-order chi connectivity index (χ0) is 14.7. The van der Waals surface area contributed by atoms with E-state index in [1.807, 2.05) is 17.0 Å². The highest BCUT2D eigenvalue weighted by Crippen LogP contribution is 2.19. The van der Waals surface area contributed by atoms with E-state index in [0.29, 0.717) is 24.6 Å². The molecule has 0 unspecified atom stereocenters.